The van der Waals surface area contributed by atoms with Crippen LogP contribution in [0.2, 0.25) is 0 Å². The summed E-state index contributed by atoms with van der Waals surface area (Å²) in [5.74, 6) is -2.11. The number of anilines is 1. The molecule has 0 unspecified atom stereocenters. The number of aryl methyl sites for hydroxylation is 2. The summed E-state index contributed by atoms with van der Waals surface area (Å²) >= 11 is 0. The lowest BCUT2D eigenvalue weighted by molar-refractivity contribution is -0.153. The van der Waals surface area contributed by atoms with Crippen LogP contribution < -0.4 is 10.1 Å². The van der Waals surface area contributed by atoms with Crippen molar-refractivity contribution < 1.29 is 32.6 Å². The summed E-state index contributed by atoms with van der Waals surface area (Å²) in [4.78, 5) is 28.0. The minimum Gasteiger partial charge on any atom is -0.481 e. The van der Waals surface area contributed by atoms with E-state index in [1.165, 1.54) is 17.7 Å². The van der Waals surface area contributed by atoms with Crippen LogP contribution in [0.5, 0.6) is 5.75 Å². The Balaban J connectivity index is 2.13. The smallest absolute Gasteiger partial charge is 0.422 e. The molecule has 2 aromatic rings. The second-order valence-corrected chi connectivity index (χ2v) is 6.42. The zero-order valence-electron chi connectivity index (χ0n) is 14.7. The van der Waals surface area contributed by atoms with Crippen LogP contribution in [-0.2, 0) is 18.3 Å². The van der Waals surface area contributed by atoms with Gasteiger partial charge in [-0.25, -0.2) is 9.78 Å². The Morgan fingerprint density at radius 1 is 1.41 bits per heavy atom. The van der Waals surface area contributed by atoms with Gasteiger partial charge in [0.15, 0.2) is 18.1 Å². The Hall–Kier alpha value is -2.78. The van der Waals surface area contributed by atoms with Crippen LogP contribution in [-0.4, -0.2) is 39.3 Å². The molecule has 3 rings (SSSR count). The van der Waals surface area contributed by atoms with Crippen molar-refractivity contribution in [3.63, 3.8) is 0 Å². The first-order chi connectivity index (χ1) is 12.6. The molecule has 0 atom stereocenters. The van der Waals surface area contributed by atoms with Crippen molar-refractivity contribution in [3.8, 4) is 5.75 Å². The number of carbonyl (C=O) groups is 2. The number of alkyl halides is 3. The molecule has 2 heterocycles. The molecule has 2 N–H and O–H groups in total. The summed E-state index contributed by atoms with van der Waals surface area (Å²) in [5.41, 5.74) is 0.595. The van der Waals surface area contributed by atoms with Gasteiger partial charge in [0.25, 0.3) is 0 Å². The number of halogens is 3. The van der Waals surface area contributed by atoms with Gasteiger partial charge in [-0.2, -0.15) is 13.2 Å². The van der Waals surface area contributed by atoms with Crippen LogP contribution in [0, 0.1) is 5.92 Å². The van der Waals surface area contributed by atoms with Crippen LogP contribution in [0.3, 0.4) is 0 Å². The topological polar surface area (TPSA) is 93.4 Å². The molecule has 0 spiro atoms. The van der Waals surface area contributed by atoms with E-state index in [9.17, 15) is 27.9 Å². The zero-order chi connectivity index (χ0) is 19.9. The van der Waals surface area contributed by atoms with E-state index in [2.05, 4.69) is 10.3 Å². The lowest BCUT2D eigenvalue weighted by Gasteiger charge is -2.11. The fourth-order valence-corrected chi connectivity index (χ4v) is 2.85. The molecule has 2 aromatic heterocycles. The first-order valence-electron chi connectivity index (χ1n) is 8.38. The van der Waals surface area contributed by atoms with Gasteiger partial charge < -0.3 is 19.7 Å². The van der Waals surface area contributed by atoms with Gasteiger partial charge in [0, 0.05) is 13.0 Å². The highest BCUT2D eigenvalue weighted by atomic mass is 19.4. The molecule has 1 amide bonds. The molecular weight excluding hydrogens is 367 g/mol. The number of fused-ring (bicyclic) bond motifs is 1. The summed E-state index contributed by atoms with van der Waals surface area (Å²) in [6, 6.07) is 1.43. The highest BCUT2D eigenvalue weighted by Crippen LogP contribution is 2.37. The zero-order valence-corrected chi connectivity index (χ0v) is 14.7. The number of aromatic carboxylic acids is 1. The Morgan fingerprint density at radius 3 is 2.59 bits per heavy atom. The van der Waals surface area contributed by atoms with E-state index in [4.69, 9.17) is 4.74 Å². The monoisotopic (exact) mass is 385 g/mol. The first-order valence-corrected chi connectivity index (χ1v) is 8.38. The fourth-order valence-electron chi connectivity index (χ4n) is 2.85. The van der Waals surface area contributed by atoms with E-state index in [0.29, 0.717) is 17.8 Å². The predicted octanol–water partition coefficient (Wildman–Crippen LogP) is 3.12. The first kappa shape index (κ1) is 19.0. The van der Waals surface area contributed by atoms with Crippen LogP contribution >= 0.6 is 0 Å². The summed E-state index contributed by atoms with van der Waals surface area (Å²) in [6.07, 6.45) is -2.60. The van der Waals surface area contributed by atoms with Gasteiger partial charge >= 0.3 is 12.1 Å². The summed E-state index contributed by atoms with van der Waals surface area (Å²) in [5, 5.41) is 12.3. The van der Waals surface area contributed by atoms with Crippen LogP contribution in [0.25, 0.3) is 11.0 Å². The Morgan fingerprint density at radius 2 is 2.07 bits per heavy atom. The predicted molar refractivity (Wildman–Crippen MR) is 90.0 cm³/mol. The number of carboxylic acid groups (broad SMARTS) is 1. The molecule has 0 saturated heterocycles. The molecular formula is C17H18F3N3O4. The third kappa shape index (κ3) is 3.83. The summed E-state index contributed by atoms with van der Waals surface area (Å²) in [7, 11) is 1.39. The summed E-state index contributed by atoms with van der Waals surface area (Å²) < 4.78 is 43.8. The lowest BCUT2D eigenvalue weighted by atomic mass is 10.2. The van der Waals surface area contributed by atoms with Gasteiger partial charge in [0.1, 0.15) is 5.65 Å². The molecule has 10 heteroatoms. The van der Waals surface area contributed by atoms with E-state index in [0.717, 1.165) is 12.8 Å². The minimum absolute atomic E-state index is 0.0725. The van der Waals surface area contributed by atoms with E-state index >= 15 is 0 Å². The van der Waals surface area contributed by atoms with E-state index in [1.54, 1.807) is 0 Å². The Bertz CT molecular complexity index is 917. The van der Waals surface area contributed by atoms with Gasteiger partial charge in [-0.3, -0.25) is 4.79 Å². The Kier molecular flexibility index (Phi) is 4.75. The van der Waals surface area contributed by atoms with Gasteiger partial charge in [0.2, 0.25) is 5.91 Å². The molecule has 1 fully saturated rings. The number of rotatable bonds is 6. The van der Waals surface area contributed by atoms with Crippen molar-refractivity contribution in [2.75, 3.05) is 11.9 Å². The third-order valence-electron chi connectivity index (χ3n) is 4.32. The van der Waals surface area contributed by atoms with Gasteiger partial charge in [-0.05, 0) is 25.3 Å². The van der Waals surface area contributed by atoms with Crippen molar-refractivity contribution in [3.05, 3.63) is 17.5 Å². The van der Waals surface area contributed by atoms with E-state index in [1.807, 2.05) is 6.92 Å². The molecule has 0 aromatic carbocycles. The maximum Gasteiger partial charge on any atom is 0.422 e. The molecule has 1 aliphatic carbocycles. The molecule has 0 bridgehead atoms. The number of hydrogen-bond acceptors (Lipinski definition) is 4. The molecule has 1 aliphatic rings. The van der Waals surface area contributed by atoms with Gasteiger partial charge in [-0.1, -0.05) is 6.92 Å². The number of pyridine rings is 1. The second kappa shape index (κ2) is 6.75. The number of carboxylic acids is 1. The molecule has 7 nitrogen and oxygen atoms in total. The van der Waals surface area contributed by atoms with E-state index < -0.39 is 30.2 Å². The Labute approximate surface area is 152 Å². The molecule has 27 heavy (non-hydrogen) atoms. The van der Waals surface area contributed by atoms with Crippen LogP contribution in [0.1, 0.15) is 35.9 Å². The standard InChI is InChI=1S/C17H18F3N3O4/c1-3-10-11(22-15(24)8-4-5-8)6-9-13(27-7-17(18,19)20)12(16(25)26)23(2)14(9)21-10/h6,8H,3-5,7H2,1-2H3,(H,22,24)(H,25,26). The highest BCUT2D eigenvalue weighted by Gasteiger charge is 2.33. The van der Waals surface area contributed by atoms with Crippen LogP contribution in [0.4, 0.5) is 18.9 Å². The normalized spacial score (nSPS) is 14.4. The molecule has 146 valence electrons. The number of carbonyl (C=O) groups excluding carboxylic acids is 1. The number of amides is 1. The summed E-state index contributed by atoms with van der Waals surface area (Å²) in [6.45, 7) is 0.175. The second-order valence-electron chi connectivity index (χ2n) is 6.42. The number of aromatic nitrogens is 2. The van der Waals surface area contributed by atoms with Crippen molar-refractivity contribution in [1.29, 1.82) is 0 Å². The minimum atomic E-state index is -4.63. The largest absolute Gasteiger partial charge is 0.481 e. The number of hydrogen-bond donors (Lipinski definition) is 2. The van der Waals surface area contributed by atoms with Crippen LogP contribution in [0.15, 0.2) is 6.07 Å². The number of nitrogens with zero attached hydrogens (tertiary/aromatic N) is 2. The van der Waals surface area contributed by atoms with Crippen molar-refractivity contribution >= 4 is 28.6 Å². The van der Waals surface area contributed by atoms with Crippen molar-refractivity contribution in [2.24, 2.45) is 13.0 Å². The van der Waals surface area contributed by atoms with Crippen molar-refractivity contribution in [1.82, 2.24) is 9.55 Å². The van der Waals surface area contributed by atoms with Gasteiger partial charge in [-0.15, -0.1) is 0 Å². The van der Waals surface area contributed by atoms with Gasteiger partial charge in [0.05, 0.1) is 16.8 Å². The SMILES string of the molecule is CCc1nc2c(cc1NC(=O)C1CC1)c(OCC(F)(F)F)c(C(=O)O)n2C. The fraction of sp³-hybridized carbons (Fsp3) is 0.471. The molecule has 0 aliphatic heterocycles. The average Bonchev–Trinajstić information content (AvgIpc) is 3.38. The maximum atomic E-state index is 12.6. The molecule has 1 saturated carbocycles. The average molecular weight is 385 g/mol. The third-order valence-corrected chi connectivity index (χ3v) is 4.32. The number of nitrogens with one attached hydrogen (secondary N) is 1. The van der Waals surface area contributed by atoms with Crippen molar-refractivity contribution in [2.45, 2.75) is 32.4 Å². The quantitative estimate of drug-likeness (QED) is 0.797. The molecule has 0 radical (unpaired) electrons. The maximum absolute atomic E-state index is 12.6. The number of ether oxygens (including phenoxy) is 1. The van der Waals surface area contributed by atoms with E-state index in [-0.39, 0.29) is 22.9 Å². The lowest BCUT2D eigenvalue weighted by Crippen LogP contribution is -2.20. The highest BCUT2D eigenvalue weighted by molar-refractivity contribution is 6.02.